The summed E-state index contributed by atoms with van der Waals surface area (Å²) in [6, 6.07) is 57.1. The van der Waals surface area contributed by atoms with Gasteiger partial charge in [-0.3, -0.25) is 4.79 Å². The van der Waals surface area contributed by atoms with E-state index < -0.39 is 5.41 Å². The number of hydrogen-bond donors (Lipinski definition) is 0. The minimum Gasteiger partial charge on any atom is -0.456 e. The molecule has 0 saturated heterocycles. The lowest BCUT2D eigenvalue weighted by Crippen LogP contribution is -2.28. The second kappa shape index (κ2) is 9.65. The van der Waals surface area contributed by atoms with Gasteiger partial charge in [-0.15, -0.1) is 0 Å². The Labute approximate surface area is 271 Å². The quantitative estimate of drug-likeness (QED) is 0.189. The smallest absolute Gasteiger partial charge is 0.200 e. The molecule has 1 aromatic heterocycles. The lowest BCUT2D eigenvalue weighted by atomic mass is 9.70. The molecular weight excluding hydrogens is 574 g/mol. The fraction of sp³-hybridized carbons (Fsp3) is 0.0227. The van der Waals surface area contributed by atoms with Gasteiger partial charge in [-0.05, 0) is 93.5 Å². The molecule has 0 saturated carbocycles. The van der Waals surface area contributed by atoms with Crippen LogP contribution < -0.4 is 10.3 Å². The molecule has 0 aliphatic heterocycles. The third kappa shape index (κ3) is 3.43. The normalized spacial score (nSPS) is 15.4. The van der Waals surface area contributed by atoms with E-state index in [2.05, 4.69) is 144 Å². The zero-order valence-corrected chi connectivity index (χ0v) is 25.4. The Kier molecular flexibility index (Phi) is 5.35. The molecule has 0 amide bonds. The highest BCUT2D eigenvalue weighted by atomic mass is 16.3. The summed E-state index contributed by atoms with van der Waals surface area (Å²) in [5, 5.41) is 1.20. The van der Waals surface area contributed by atoms with Crippen LogP contribution in [0, 0.1) is 0 Å². The van der Waals surface area contributed by atoms with Crippen LogP contribution in [0.2, 0.25) is 0 Å². The standard InChI is InChI=1S/C44H27NO2/c46-43-33-20-9-12-25-40(33)47-41-27-38-34(26-35(41)43)31-19-8-11-23-37(31)44(38)36-22-10-7-18-30(36)32-21-13-24-39(42(32)44)45(28-14-3-1-4-15-28)29-16-5-2-6-17-29/h1-27H. The monoisotopic (exact) mass is 601 g/mol. The van der Waals surface area contributed by atoms with Gasteiger partial charge >= 0.3 is 0 Å². The van der Waals surface area contributed by atoms with E-state index in [1.165, 1.54) is 27.8 Å². The highest BCUT2D eigenvalue weighted by molar-refractivity contribution is 6.03. The van der Waals surface area contributed by atoms with Gasteiger partial charge in [0.2, 0.25) is 5.43 Å². The largest absolute Gasteiger partial charge is 0.456 e. The maximum absolute atomic E-state index is 13.9. The molecule has 3 nitrogen and oxygen atoms in total. The SMILES string of the molecule is O=c1c2ccccc2oc2cc3c(cc12)-c1ccccc1C31c2ccccc2-c2cccc(N(c3ccccc3)c3ccccc3)c21. The van der Waals surface area contributed by atoms with Crippen molar-refractivity contribution in [3.05, 3.63) is 196 Å². The summed E-state index contributed by atoms with van der Waals surface area (Å²) in [5.74, 6) is 0. The van der Waals surface area contributed by atoms with Gasteiger partial charge in [-0.1, -0.05) is 109 Å². The molecule has 7 aromatic carbocycles. The molecule has 1 atom stereocenters. The van der Waals surface area contributed by atoms with E-state index in [0.29, 0.717) is 21.9 Å². The lowest BCUT2D eigenvalue weighted by Gasteiger charge is -2.35. The number of rotatable bonds is 3. The Hall–Kier alpha value is -6.19. The second-order valence-corrected chi connectivity index (χ2v) is 12.4. The predicted molar refractivity (Wildman–Crippen MR) is 191 cm³/mol. The maximum Gasteiger partial charge on any atom is 0.200 e. The van der Waals surface area contributed by atoms with Gasteiger partial charge in [-0.25, -0.2) is 0 Å². The van der Waals surface area contributed by atoms with Crippen molar-refractivity contribution in [2.75, 3.05) is 4.90 Å². The molecule has 0 fully saturated rings. The van der Waals surface area contributed by atoms with E-state index >= 15 is 0 Å². The third-order valence-electron chi connectivity index (χ3n) is 10.0. The summed E-state index contributed by atoms with van der Waals surface area (Å²) in [6.07, 6.45) is 0. The van der Waals surface area contributed by atoms with Crippen molar-refractivity contribution in [2.24, 2.45) is 0 Å². The number of para-hydroxylation sites is 3. The van der Waals surface area contributed by atoms with Crippen LogP contribution in [-0.4, -0.2) is 0 Å². The first-order chi connectivity index (χ1) is 23.2. The summed E-state index contributed by atoms with van der Waals surface area (Å²) in [5.41, 5.74) is 13.3. The zero-order valence-electron chi connectivity index (χ0n) is 25.4. The molecule has 3 heteroatoms. The van der Waals surface area contributed by atoms with Crippen molar-refractivity contribution in [3.63, 3.8) is 0 Å². The average molecular weight is 602 g/mol. The van der Waals surface area contributed by atoms with Crippen LogP contribution in [0.3, 0.4) is 0 Å². The van der Waals surface area contributed by atoms with E-state index in [-0.39, 0.29) is 5.43 Å². The van der Waals surface area contributed by atoms with E-state index in [1.54, 1.807) is 0 Å². The molecule has 47 heavy (non-hydrogen) atoms. The lowest BCUT2D eigenvalue weighted by molar-refractivity contribution is 0.657. The number of anilines is 3. The van der Waals surface area contributed by atoms with Crippen molar-refractivity contribution in [1.82, 2.24) is 0 Å². The van der Waals surface area contributed by atoms with Crippen LogP contribution in [0.1, 0.15) is 22.3 Å². The van der Waals surface area contributed by atoms with Gasteiger partial charge in [0.15, 0.2) is 0 Å². The highest BCUT2D eigenvalue weighted by Gasteiger charge is 2.53. The van der Waals surface area contributed by atoms with Crippen molar-refractivity contribution in [3.8, 4) is 22.3 Å². The van der Waals surface area contributed by atoms with Crippen LogP contribution in [0.15, 0.2) is 173 Å². The van der Waals surface area contributed by atoms with Crippen molar-refractivity contribution < 1.29 is 4.42 Å². The fourth-order valence-electron chi connectivity index (χ4n) is 8.24. The molecule has 2 aliphatic rings. The van der Waals surface area contributed by atoms with Crippen molar-refractivity contribution >= 4 is 39.0 Å². The Morgan fingerprint density at radius 2 is 1.02 bits per heavy atom. The van der Waals surface area contributed by atoms with Gasteiger partial charge in [0, 0.05) is 16.9 Å². The van der Waals surface area contributed by atoms with Crippen molar-refractivity contribution in [1.29, 1.82) is 0 Å². The Morgan fingerprint density at radius 3 is 1.72 bits per heavy atom. The van der Waals surface area contributed by atoms with Crippen LogP contribution in [-0.2, 0) is 5.41 Å². The highest BCUT2D eigenvalue weighted by Crippen LogP contribution is 2.65. The summed E-state index contributed by atoms with van der Waals surface area (Å²) >= 11 is 0. The number of benzene rings is 7. The number of hydrogen-bond acceptors (Lipinski definition) is 3. The first-order valence-corrected chi connectivity index (χ1v) is 16.0. The zero-order chi connectivity index (χ0) is 31.1. The van der Waals surface area contributed by atoms with Crippen LogP contribution >= 0.6 is 0 Å². The average Bonchev–Trinajstić information content (AvgIpc) is 3.59. The molecule has 1 unspecified atom stereocenters. The van der Waals surface area contributed by atoms with Gasteiger partial charge < -0.3 is 9.32 Å². The molecular formula is C44H27NO2. The summed E-state index contributed by atoms with van der Waals surface area (Å²) in [4.78, 5) is 16.3. The van der Waals surface area contributed by atoms with Crippen molar-refractivity contribution in [2.45, 2.75) is 5.41 Å². The van der Waals surface area contributed by atoms with Gasteiger partial charge in [0.1, 0.15) is 11.2 Å². The Morgan fingerprint density at radius 1 is 0.447 bits per heavy atom. The molecule has 8 aromatic rings. The number of fused-ring (bicyclic) bond motifs is 12. The van der Waals surface area contributed by atoms with E-state index in [9.17, 15) is 4.79 Å². The van der Waals surface area contributed by atoms with Gasteiger partial charge in [-0.2, -0.15) is 0 Å². The molecule has 1 spiro atoms. The van der Waals surface area contributed by atoms with Crippen LogP contribution in [0.4, 0.5) is 17.1 Å². The molecule has 220 valence electrons. The van der Waals surface area contributed by atoms with E-state index in [4.69, 9.17) is 4.42 Å². The molecule has 1 heterocycles. The number of nitrogens with zero attached hydrogens (tertiary/aromatic N) is 1. The Balaban J connectivity index is 1.38. The Bertz CT molecular complexity index is 2560. The van der Waals surface area contributed by atoms with E-state index in [1.807, 2.05) is 24.3 Å². The molecule has 10 rings (SSSR count). The summed E-state index contributed by atoms with van der Waals surface area (Å²) < 4.78 is 6.54. The molecule has 0 N–H and O–H groups in total. The minimum absolute atomic E-state index is 0.00433. The third-order valence-corrected chi connectivity index (χ3v) is 10.0. The predicted octanol–water partition coefficient (Wildman–Crippen LogP) is 10.8. The first kappa shape index (κ1) is 26.1. The molecule has 0 radical (unpaired) electrons. The van der Waals surface area contributed by atoms with Gasteiger partial charge in [0.25, 0.3) is 0 Å². The second-order valence-electron chi connectivity index (χ2n) is 12.4. The van der Waals surface area contributed by atoms with E-state index in [0.717, 1.165) is 33.8 Å². The molecule has 0 bridgehead atoms. The summed E-state index contributed by atoms with van der Waals surface area (Å²) in [7, 11) is 0. The van der Waals surface area contributed by atoms with Gasteiger partial charge in [0.05, 0.1) is 21.9 Å². The van der Waals surface area contributed by atoms with Crippen LogP contribution in [0.5, 0.6) is 0 Å². The molecule has 2 aliphatic carbocycles. The fourth-order valence-corrected chi connectivity index (χ4v) is 8.24. The topological polar surface area (TPSA) is 33.5 Å². The maximum atomic E-state index is 13.9. The first-order valence-electron chi connectivity index (χ1n) is 16.0. The van der Waals surface area contributed by atoms with Crippen LogP contribution in [0.25, 0.3) is 44.2 Å². The summed E-state index contributed by atoms with van der Waals surface area (Å²) in [6.45, 7) is 0. The minimum atomic E-state index is -0.644.